The first-order valence-electron chi connectivity index (χ1n) is 5.80. The summed E-state index contributed by atoms with van der Waals surface area (Å²) in [6, 6.07) is 7.78. The Morgan fingerprint density at radius 1 is 1.35 bits per heavy atom. The molecule has 0 bridgehead atoms. The summed E-state index contributed by atoms with van der Waals surface area (Å²) >= 11 is 5.94. The van der Waals surface area contributed by atoms with Crippen LogP contribution in [-0.4, -0.2) is 17.6 Å². The van der Waals surface area contributed by atoms with E-state index in [2.05, 4.69) is 6.58 Å². The number of methoxy groups -OCH3 is 1. The predicted octanol–water partition coefficient (Wildman–Crippen LogP) is 2.92. The second-order valence-corrected chi connectivity index (χ2v) is 4.46. The Labute approximate surface area is 120 Å². The highest BCUT2D eigenvalue weighted by molar-refractivity contribution is 6.30. The minimum atomic E-state index is -0.531. The number of carbonyl (C=O) groups is 1. The fraction of sp³-hybridized carbons (Fsp3) is 0.0667. The van der Waals surface area contributed by atoms with Crippen LogP contribution >= 0.6 is 11.6 Å². The topological polar surface area (TPSA) is 48.3 Å². The summed E-state index contributed by atoms with van der Waals surface area (Å²) in [6.07, 6.45) is 3.14. The maximum absolute atomic E-state index is 12.1. The van der Waals surface area contributed by atoms with Crippen LogP contribution in [0.3, 0.4) is 0 Å². The van der Waals surface area contributed by atoms with E-state index in [0.717, 1.165) is 0 Å². The van der Waals surface area contributed by atoms with E-state index in [1.54, 1.807) is 30.5 Å². The number of benzene rings is 1. The third-order valence-electron chi connectivity index (χ3n) is 2.80. The summed E-state index contributed by atoms with van der Waals surface area (Å²) in [5.74, 6) is -0.531. The number of ether oxygens (including phenoxy) is 1. The number of esters is 1. The van der Waals surface area contributed by atoms with Crippen molar-refractivity contribution in [3.8, 4) is 5.69 Å². The third-order valence-corrected chi connectivity index (χ3v) is 3.04. The van der Waals surface area contributed by atoms with Crippen LogP contribution < -0.4 is 5.56 Å². The molecule has 0 radical (unpaired) electrons. The Kier molecular flexibility index (Phi) is 4.05. The monoisotopic (exact) mass is 289 g/mol. The molecule has 0 unspecified atom stereocenters. The van der Waals surface area contributed by atoms with E-state index in [1.807, 2.05) is 0 Å². The number of nitrogens with zero attached hydrogens (tertiary/aromatic N) is 1. The summed E-state index contributed by atoms with van der Waals surface area (Å²) in [5, 5.41) is 0.423. The number of pyridine rings is 1. The van der Waals surface area contributed by atoms with Crippen LogP contribution in [0, 0.1) is 0 Å². The van der Waals surface area contributed by atoms with E-state index in [-0.39, 0.29) is 11.1 Å². The van der Waals surface area contributed by atoms with Gasteiger partial charge in [0, 0.05) is 17.3 Å². The number of aromatic nitrogens is 1. The molecule has 4 nitrogen and oxygen atoms in total. The predicted molar refractivity (Wildman–Crippen MR) is 78.5 cm³/mol. The van der Waals surface area contributed by atoms with Gasteiger partial charge in [0.25, 0.3) is 5.56 Å². The molecule has 20 heavy (non-hydrogen) atoms. The molecule has 0 aliphatic heterocycles. The Morgan fingerprint density at radius 2 is 2.10 bits per heavy atom. The van der Waals surface area contributed by atoms with Crippen LogP contribution in [0.5, 0.6) is 0 Å². The molecular weight excluding hydrogens is 278 g/mol. The van der Waals surface area contributed by atoms with Crippen molar-refractivity contribution in [3.63, 3.8) is 0 Å². The molecule has 5 heteroatoms. The molecule has 0 aliphatic rings. The van der Waals surface area contributed by atoms with Crippen LogP contribution in [0.25, 0.3) is 11.8 Å². The standard InChI is InChI=1S/C15H12ClNO3/c1-3-10-6-7-17(14(18)8-10)13-9-11(16)4-5-12(13)15(19)20-2/h3-9H,1H2,2H3. The normalized spacial score (nSPS) is 10.1. The van der Waals surface area contributed by atoms with Gasteiger partial charge in [-0.05, 0) is 29.8 Å². The zero-order valence-electron chi connectivity index (χ0n) is 10.8. The molecule has 1 heterocycles. The van der Waals surface area contributed by atoms with E-state index < -0.39 is 5.97 Å². The lowest BCUT2D eigenvalue weighted by Crippen LogP contribution is -2.19. The van der Waals surface area contributed by atoms with Gasteiger partial charge < -0.3 is 4.74 Å². The maximum atomic E-state index is 12.1. The second-order valence-electron chi connectivity index (χ2n) is 4.03. The lowest BCUT2D eigenvalue weighted by atomic mass is 10.1. The minimum Gasteiger partial charge on any atom is -0.465 e. The highest BCUT2D eigenvalue weighted by Crippen LogP contribution is 2.20. The number of halogens is 1. The number of rotatable bonds is 3. The lowest BCUT2D eigenvalue weighted by molar-refractivity contribution is 0.0600. The van der Waals surface area contributed by atoms with Crippen molar-refractivity contribution >= 4 is 23.6 Å². The summed E-state index contributed by atoms with van der Waals surface area (Å²) in [7, 11) is 1.28. The van der Waals surface area contributed by atoms with Gasteiger partial charge in [0.2, 0.25) is 0 Å². The molecule has 0 N–H and O–H groups in total. The van der Waals surface area contributed by atoms with Gasteiger partial charge in [-0.25, -0.2) is 4.79 Å². The largest absolute Gasteiger partial charge is 0.465 e. The second kappa shape index (κ2) is 5.75. The Bertz CT molecular complexity index is 734. The highest BCUT2D eigenvalue weighted by atomic mass is 35.5. The van der Waals surface area contributed by atoms with E-state index in [9.17, 15) is 9.59 Å². The highest BCUT2D eigenvalue weighted by Gasteiger charge is 2.14. The molecule has 0 amide bonds. The van der Waals surface area contributed by atoms with E-state index >= 15 is 0 Å². The minimum absolute atomic E-state index is 0.269. The zero-order valence-corrected chi connectivity index (χ0v) is 11.6. The molecule has 2 rings (SSSR count). The number of hydrogen-bond acceptors (Lipinski definition) is 3. The van der Waals surface area contributed by atoms with Crippen molar-refractivity contribution in [1.82, 2.24) is 4.57 Å². The number of carbonyl (C=O) groups excluding carboxylic acids is 1. The molecule has 1 aromatic heterocycles. The van der Waals surface area contributed by atoms with Crippen molar-refractivity contribution in [1.29, 1.82) is 0 Å². The third kappa shape index (κ3) is 2.65. The average Bonchev–Trinajstić information content (AvgIpc) is 2.46. The Hall–Kier alpha value is -2.33. The molecule has 2 aromatic rings. The van der Waals surface area contributed by atoms with E-state index in [0.29, 0.717) is 16.3 Å². The lowest BCUT2D eigenvalue weighted by Gasteiger charge is -2.11. The SMILES string of the molecule is C=Cc1ccn(-c2cc(Cl)ccc2C(=O)OC)c(=O)c1. The Balaban J connectivity index is 2.68. The first-order chi connectivity index (χ1) is 9.56. The van der Waals surface area contributed by atoms with Crippen molar-refractivity contribution in [2.75, 3.05) is 7.11 Å². The molecule has 0 fully saturated rings. The number of hydrogen-bond donors (Lipinski definition) is 0. The van der Waals surface area contributed by atoms with E-state index in [1.165, 1.54) is 23.8 Å². The molecule has 0 saturated carbocycles. The maximum Gasteiger partial charge on any atom is 0.339 e. The molecule has 0 saturated heterocycles. The molecule has 0 atom stereocenters. The van der Waals surface area contributed by atoms with Gasteiger partial charge in [-0.2, -0.15) is 0 Å². The van der Waals surface area contributed by atoms with Crippen LogP contribution in [0.15, 0.2) is 47.9 Å². The quantitative estimate of drug-likeness (QED) is 0.816. The molecule has 102 valence electrons. The van der Waals surface area contributed by atoms with Gasteiger partial charge >= 0.3 is 5.97 Å². The average molecular weight is 290 g/mol. The zero-order chi connectivity index (χ0) is 14.7. The first-order valence-corrected chi connectivity index (χ1v) is 6.18. The Morgan fingerprint density at radius 3 is 2.70 bits per heavy atom. The summed E-state index contributed by atoms with van der Waals surface area (Å²) in [5.41, 5.74) is 1.07. The van der Waals surface area contributed by atoms with Crippen LogP contribution in [0.1, 0.15) is 15.9 Å². The van der Waals surface area contributed by atoms with Crippen molar-refractivity contribution in [2.24, 2.45) is 0 Å². The van der Waals surface area contributed by atoms with Gasteiger partial charge in [-0.15, -0.1) is 0 Å². The summed E-state index contributed by atoms with van der Waals surface area (Å²) in [4.78, 5) is 23.9. The van der Waals surface area contributed by atoms with Gasteiger partial charge in [0.15, 0.2) is 0 Å². The van der Waals surface area contributed by atoms with Crippen LogP contribution in [-0.2, 0) is 4.74 Å². The molecular formula is C15H12ClNO3. The fourth-order valence-corrected chi connectivity index (χ4v) is 1.97. The smallest absolute Gasteiger partial charge is 0.339 e. The molecule has 1 aromatic carbocycles. The van der Waals surface area contributed by atoms with Gasteiger partial charge in [-0.1, -0.05) is 24.3 Å². The van der Waals surface area contributed by atoms with Crippen LogP contribution in [0.2, 0.25) is 5.02 Å². The van der Waals surface area contributed by atoms with Gasteiger partial charge in [-0.3, -0.25) is 9.36 Å². The van der Waals surface area contributed by atoms with Gasteiger partial charge in [0.05, 0.1) is 18.4 Å². The van der Waals surface area contributed by atoms with Crippen molar-refractivity contribution in [3.05, 3.63) is 69.6 Å². The van der Waals surface area contributed by atoms with Gasteiger partial charge in [0.1, 0.15) is 0 Å². The van der Waals surface area contributed by atoms with E-state index in [4.69, 9.17) is 16.3 Å². The van der Waals surface area contributed by atoms with Crippen molar-refractivity contribution in [2.45, 2.75) is 0 Å². The summed E-state index contributed by atoms with van der Waals surface area (Å²) < 4.78 is 6.05. The van der Waals surface area contributed by atoms with Crippen LogP contribution in [0.4, 0.5) is 0 Å². The first kappa shape index (κ1) is 14.1. The molecule has 0 aliphatic carbocycles. The fourth-order valence-electron chi connectivity index (χ4n) is 1.81. The molecule has 0 spiro atoms. The van der Waals surface area contributed by atoms with Crippen molar-refractivity contribution < 1.29 is 9.53 Å². The summed E-state index contributed by atoms with van der Waals surface area (Å²) in [6.45, 7) is 3.60.